The van der Waals surface area contributed by atoms with Crippen molar-refractivity contribution in [2.75, 3.05) is 0 Å². The first-order valence-electron chi connectivity index (χ1n) is 6.43. The number of allylic oxidation sites excluding steroid dienone is 6. The Bertz CT molecular complexity index is 253. The third-order valence-electron chi connectivity index (χ3n) is 2.89. The van der Waals surface area contributed by atoms with Crippen molar-refractivity contribution >= 4 is 0 Å². The molecule has 0 heterocycles. The van der Waals surface area contributed by atoms with Crippen molar-refractivity contribution in [2.24, 2.45) is 0 Å². The van der Waals surface area contributed by atoms with Gasteiger partial charge in [-0.2, -0.15) is 0 Å². The summed E-state index contributed by atoms with van der Waals surface area (Å²) in [7, 11) is 0. The van der Waals surface area contributed by atoms with Gasteiger partial charge in [-0.05, 0) is 49.7 Å². The summed E-state index contributed by atoms with van der Waals surface area (Å²) >= 11 is 0. The predicted molar refractivity (Wildman–Crippen MR) is 69.0 cm³/mol. The average Bonchev–Trinajstić information content (AvgIpc) is 2.27. The molecular weight excluding hydrogens is 180 g/mol. The monoisotopic (exact) mass is 204 g/mol. The lowest BCUT2D eigenvalue weighted by atomic mass is 9.88. The quantitative estimate of drug-likeness (QED) is 0.592. The topological polar surface area (TPSA) is 0 Å². The maximum atomic E-state index is 2.40. The molecule has 0 nitrogen and oxygen atoms in total. The third-order valence-corrected chi connectivity index (χ3v) is 2.89. The first kappa shape index (κ1) is 12.3. The highest BCUT2D eigenvalue weighted by Gasteiger charge is 2.09. The Morgan fingerprint density at radius 2 is 1.80 bits per heavy atom. The van der Waals surface area contributed by atoms with Gasteiger partial charge in [0.2, 0.25) is 0 Å². The Kier molecular flexibility index (Phi) is 6.15. The lowest BCUT2D eigenvalue weighted by Crippen LogP contribution is -1.98. The van der Waals surface area contributed by atoms with Crippen molar-refractivity contribution in [3.63, 3.8) is 0 Å². The predicted octanol–water partition coefficient (Wildman–Crippen LogP) is 5.18. The minimum Gasteiger partial charge on any atom is -0.0845 e. The summed E-state index contributed by atoms with van der Waals surface area (Å²) < 4.78 is 0. The fourth-order valence-corrected chi connectivity index (χ4v) is 2.07. The van der Waals surface area contributed by atoms with Crippen LogP contribution >= 0.6 is 0 Å². The van der Waals surface area contributed by atoms with E-state index < -0.39 is 0 Å². The molecule has 84 valence electrons. The van der Waals surface area contributed by atoms with Gasteiger partial charge in [0.25, 0.3) is 0 Å². The normalized spacial score (nSPS) is 23.1. The molecule has 0 spiro atoms. The van der Waals surface area contributed by atoms with E-state index in [2.05, 4.69) is 38.2 Å². The van der Waals surface area contributed by atoms with Gasteiger partial charge < -0.3 is 0 Å². The van der Waals surface area contributed by atoms with E-state index in [0.29, 0.717) is 0 Å². The van der Waals surface area contributed by atoms with Crippen molar-refractivity contribution in [1.82, 2.24) is 0 Å². The summed E-state index contributed by atoms with van der Waals surface area (Å²) in [6, 6.07) is 0. The van der Waals surface area contributed by atoms with Crippen LogP contribution in [0.5, 0.6) is 0 Å². The highest BCUT2D eigenvalue weighted by molar-refractivity contribution is 5.35. The molecule has 0 saturated heterocycles. The lowest BCUT2D eigenvalue weighted by Gasteiger charge is -2.17. The van der Waals surface area contributed by atoms with Crippen LogP contribution in [-0.2, 0) is 0 Å². The zero-order chi connectivity index (χ0) is 10.9. The van der Waals surface area contributed by atoms with Crippen molar-refractivity contribution in [3.05, 3.63) is 35.5 Å². The molecule has 0 aliphatic heterocycles. The molecule has 0 aromatic carbocycles. The van der Waals surface area contributed by atoms with E-state index in [1.807, 2.05) is 0 Å². The van der Waals surface area contributed by atoms with E-state index in [1.165, 1.54) is 44.9 Å². The fraction of sp³-hybridized carbons (Fsp3) is 0.600. The summed E-state index contributed by atoms with van der Waals surface area (Å²) in [6.45, 7) is 4.45. The number of rotatable bonds is 4. The molecule has 1 aliphatic carbocycles. The Morgan fingerprint density at radius 3 is 2.47 bits per heavy atom. The van der Waals surface area contributed by atoms with Crippen molar-refractivity contribution < 1.29 is 0 Å². The first-order chi connectivity index (χ1) is 7.38. The van der Waals surface area contributed by atoms with E-state index in [-0.39, 0.29) is 0 Å². The zero-order valence-corrected chi connectivity index (χ0v) is 10.3. The molecule has 1 rings (SSSR count). The third kappa shape index (κ3) is 4.51. The van der Waals surface area contributed by atoms with Gasteiger partial charge in [-0.3, -0.25) is 0 Å². The van der Waals surface area contributed by atoms with Gasteiger partial charge in [-0.15, -0.1) is 0 Å². The van der Waals surface area contributed by atoms with Crippen LogP contribution < -0.4 is 0 Å². The van der Waals surface area contributed by atoms with Crippen LogP contribution in [0.25, 0.3) is 0 Å². The average molecular weight is 204 g/mol. The van der Waals surface area contributed by atoms with Gasteiger partial charge in [0, 0.05) is 0 Å². The van der Waals surface area contributed by atoms with E-state index in [0.717, 1.165) is 0 Å². The molecule has 0 aromatic rings. The van der Waals surface area contributed by atoms with Crippen LogP contribution in [0.1, 0.15) is 58.8 Å². The minimum atomic E-state index is 1.17. The molecule has 0 heteroatoms. The molecular formula is C15H24. The SMILES string of the molecule is CC/C=C1/CCCC/C1=C/C=C\CCC. The molecule has 0 atom stereocenters. The second-order valence-corrected chi connectivity index (χ2v) is 4.25. The zero-order valence-electron chi connectivity index (χ0n) is 10.3. The number of unbranched alkanes of at least 4 members (excludes halogenated alkanes) is 1. The number of hydrogen-bond donors (Lipinski definition) is 0. The molecule has 0 aromatic heterocycles. The second-order valence-electron chi connectivity index (χ2n) is 4.25. The second kappa shape index (κ2) is 7.50. The first-order valence-corrected chi connectivity index (χ1v) is 6.43. The summed E-state index contributed by atoms with van der Waals surface area (Å²) in [4.78, 5) is 0. The summed E-state index contributed by atoms with van der Waals surface area (Å²) in [6.07, 6.45) is 18.2. The lowest BCUT2D eigenvalue weighted by molar-refractivity contribution is 0.676. The van der Waals surface area contributed by atoms with Gasteiger partial charge in [-0.25, -0.2) is 0 Å². The maximum Gasteiger partial charge on any atom is -0.0276 e. The maximum absolute atomic E-state index is 2.40. The van der Waals surface area contributed by atoms with Crippen LogP contribution in [0.3, 0.4) is 0 Å². The molecule has 1 saturated carbocycles. The number of hydrogen-bond acceptors (Lipinski definition) is 0. The van der Waals surface area contributed by atoms with Crippen molar-refractivity contribution in [2.45, 2.75) is 58.8 Å². The van der Waals surface area contributed by atoms with Crippen molar-refractivity contribution in [1.29, 1.82) is 0 Å². The fourth-order valence-electron chi connectivity index (χ4n) is 2.07. The Morgan fingerprint density at radius 1 is 1.07 bits per heavy atom. The summed E-state index contributed by atoms with van der Waals surface area (Å²) in [5.74, 6) is 0. The Hall–Kier alpha value is -0.780. The molecule has 0 N–H and O–H groups in total. The standard InChI is InChI=1S/C15H24/c1-3-5-6-7-11-15-13-9-8-12-14(15)10-4-2/h6-7,10-11H,3-5,8-9,12-13H2,1-2H3/b7-6-,14-10-,15-11-. The van der Waals surface area contributed by atoms with E-state index in [1.54, 1.807) is 11.1 Å². The molecule has 0 radical (unpaired) electrons. The molecule has 0 amide bonds. The van der Waals surface area contributed by atoms with Crippen LogP contribution in [0.2, 0.25) is 0 Å². The van der Waals surface area contributed by atoms with Crippen LogP contribution in [-0.4, -0.2) is 0 Å². The van der Waals surface area contributed by atoms with E-state index in [9.17, 15) is 0 Å². The van der Waals surface area contributed by atoms with E-state index >= 15 is 0 Å². The van der Waals surface area contributed by atoms with E-state index in [4.69, 9.17) is 0 Å². The van der Waals surface area contributed by atoms with Gasteiger partial charge in [0.05, 0.1) is 0 Å². The van der Waals surface area contributed by atoms with Gasteiger partial charge in [-0.1, -0.05) is 44.6 Å². The van der Waals surface area contributed by atoms with Crippen molar-refractivity contribution in [3.8, 4) is 0 Å². The minimum absolute atomic E-state index is 1.17. The van der Waals surface area contributed by atoms with Crippen LogP contribution in [0.15, 0.2) is 35.5 Å². The van der Waals surface area contributed by atoms with Gasteiger partial charge in [0.1, 0.15) is 0 Å². The molecule has 1 aliphatic rings. The summed E-state index contributed by atoms with van der Waals surface area (Å²) in [5.41, 5.74) is 3.18. The Labute approximate surface area is 94.8 Å². The molecule has 15 heavy (non-hydrogen) atoms. The smallest absolute Gasteiger partial charge is 0.0276 e. The van der Waals surface area contributed by atoms with Gasteiger partial charge in [0.15, 0.2) is 0 Å². The Balaban J connectivity index is 2.59. The highest BCUT2D eigenvalue weighted by Crippen LogP contribution is 2.28. The molecule has 1 fully saturated rings. The largest absolute Gasteiger partial charge is 0.0845 e. The van der Waals surface area contributed by atoms with Crippen LogP contribution in [0.4, 0.5) is 0 Å². The van der Waals surface area contributed by atoms with Gasteiger partial charge >= 0.3 is 0 Å². The summed E-state index contributed by atoms with van der Waals surface area (Å²) in [5, 5.41) is 0. The molecule has 0 bridgehead atoms. The molecule has 0 unspecified atom stereocenters. The highest BCUT2D eigenvalue weighted by atomic mass is 14.1. The van der Waals surface area contributed by atoms with Crippen LogP contribution in [0, 0.1) is 0 Å².